The first kappa shape index (κ1) is 15.0. The minimum absolute atomic E-state index is 0.425. The minimum Gasteiger partial charge on any atom is -0.465 e. The Bertz CT molecular complexity index is 774. The normalized spacial score (nSPS) is 9.82. The summed E-state index contributed by atoms with van der Waals surface area (Å²) < 4.78 is 10.0. The van der Waals surface area contributed by atoms with Gasteiger partial charge in [-0.05, 0) is 48.3 Å². The Kier molecular flexibility index (Phi) is 5.91. The Morgan fingerprint density at radius 2 is 1.77 bits per heavy atom. The molecule has 0 saturated heterocycles. The number of carbonyl (C=O) groups is 1. The van der Waals surface area contributed by atoms with E-state index in [-0.39, 0.29) is 0 Å². The maximum atomic E-state index is 11.6. The van der Waals surface area contributed by atoms with Crippen molar-refractivity contribution in [3.05, 3.63) is 78.5 Å². The van der Waals surface area contributed by atoms with Gasteiger partial charge in [0.1, 0.15) is 12.0 Å². The molecule has 1 aromatic heterocycles. The predicted molar refractivity (Wildman–Crippen MR) is 84.3 cm³/mol. The van der Waals surface area contributed by atoms with Crippen LogP contribution in [0.2, 0.25) is 0 Å². The molecule has 0 saturated carbocycles. The SMILES string of the molecule is O=C(O/C=C/C#CC#C/C=C/c1ccco1)c1ccccc1. The van der Waals surface area contributed by atoms with Crippen molar-refractivity contribution in [1.82, 2.24) is 0 Å². The van der Waals surface area contributed by atoms with Gasteiger partial charge >= 0.3 is 5.97 Å². The number of allylic oxidation sites excluding steroid dienone is 2. The van der Waals surface area contributed by atoms with E-state index in [0.29, 0.717) is 5.56 Å². The molecule has 0 unspecified atom stereocenters. The Hall–Kier alpha value is -3.43. The fourth-order valence-corrected chi connectivity index (χ4v) is 1.44. The molecule has 3 nitrogen and oxygen atoms in total. The van der Waals surface area contributed by atoms with Gasteiger partial charge in [0.25, 0.3) is 0 Å². The van der Waals surface area contributed by atoms with Gasteiger partial charge < -0.3 is 9.15 Å². The van der Waals surface area contributed by atoms with Crippen LogP contribution in [0.25, 0.3) is 6.08 Å². The van der Waals surface area contributed by atoms with Gasteiger partial charge in [-0.3, -0.25) is 0 Å². The number of hydrogen-bond acceptors (Lipinski definition) is 3. The van der Waals surface area contributed by atoms with Crippen LogP contribution in [0.1, 0.15) is 16.1 Å². The Morgan fingerprint density at radius 3 is 2.50 bits per heavy atom. The molecule has 0 atom stereocenters. The number of esters is 1. The van der Waals surface area contributed by atoms with Crippen molar-refractivity contribution in [2.45, 2.75) is 0 Å². The maximum Gasteiger partial charge on any atom is 0.342 e. The number of hydrogen-bond donors (Lipinski definition) is 0. The van der Waals surface area contributed by atoms with Crippen LogP contribution >= 0.6 is 0 Å². The lowest BCUT2D eigenvalue weighted by atomic mass is 10.2. The van der Waals surface area contributed by atoms with Crippen molar-refractivity contribution in [2.75, 3.05) is 0 Å². The molecule has 106 valence electrons. The van der Waals surface area contributed by atoms with E-state index < -0.39 is 5.97 Å². The van der Waals surface area contributed by atoms with Crippen LogP contribution in [-0.4, -0.2) is 5.97 Å². The molecule has 0 amide bonds. The van der Waals surface area contributed by atoms with E-state index in [1.807, 2.05) is 12.1 Å². The molecule has 0 aliphatic heterocycles. The zero-order chi connectivity index (χ0) is 15.5. The Morgan fingerprint density at radius 1 is 1.00 bits per heavy atom. The van der Waals surface area contributed by atoms with Crippen molar-refractivity contribution in [2.24, 2.45) is 0 Å². The lowest BCUT2D eigenvalue weighted by Gasteiger charge is -1.96. The van der Waals surface area contributed by atoms with Gasteiger partial charge in [0.05, 0.1) is 11.8 Å². The van der Waals surface area contributed by atoms with E-state index in [9.17, 15) is 4.79 Å². The molecular weight excluding hydrogens is 276 g/mol. The first-order valence-corrected chi connectivity index (χ1v) is 6.48. The van der Waals surface area contributed by atoms with Crippen LogP contribution in [-0.2, 0) is 4.74 Å². The zero-order valence-electron chi connectivity index (χ0n) is 11.7. The van der Waals surface area contributed by atoms with E-state index in [0.717, 1.165) is 5.76 Å². The average Bonchev–Trinajstić information content (AvgIpc) is 3.07. The molecule has 0 spiro atoms. The summed E-state index contributed by atoms with van der Waals surface area (Å²) in [4.78, 5) is 11.6. The molecule has 0 N–H and O–H groups in total. The second-order valence-corrected chi connectivity index (χ2v) is 3.96. The van der Waals surface area contributed by atoms with E-state index in [2.05, 4.69) is 23.7 Å². The zero-order valence-corrected chi connectivity index (χ0v) is 11.7. The van der Waals surface area contributed by atoms with Crippen LogP contribution in [0.5, 0.6) is 0 Å². The molecule has 0 radical (unpaired) electrons. The van der Waals surface area contributed by atoms with Crippen molar-refractivity contribution in [3.63, 3.8) is 0 Å². The van der Waals surface area contributed by atoms with Crippen molar-refractivity contribution in [3.8, 4) is 23.7 Å². The average molecular weight is 288 g/mol. The monoisotopic (exact) mass is 288 g/mol. The largest absolute Gasteiger partial charge is 0.465 e. The molecule has 1 aromatic carbocycles. The number of rotatable bonds is 3. The molecule has 0 aliphatic carbocycles. The predicted octanol–water partition coefficient (Wildman–Crippen LogP) is 3.67. The van der Waals surface area contributed by atoms with Crippen molar-refractivity contribution >= 4 is 12.0 Å². The highest BCUT2D eigenvalue weighted by Crippen LogP contribution is 2.01. The highest BCUT2D eigenvalue weighted by Gasteiger charge is 2.02. The summed E-state index contributed by atoms with van der Waals surface area (Å²) in [7, 11) is 0. The highest BCUT2D eigenvalue weighted by atomic mass is 16.5. The van der Waals surface area contributed by atoms with E-state index in [1.54, 1.807) is 48.7 Å². The third-order valence-corrected chi connectivity index (χ3v) is 2.42. The van der Waals surface area contributed by atoms with Crippen LogP contribution in [0, 0.1) is 23.7 Å². The molecule has 3 heteroatoms. The summed E-state index contributed by atoms with van der Waals surface area (Å²) in [6.45, 7) is 0. The molecule has 0 bridgehead atoms. The standard InChI is InChI=1S/C19H12O3/c20-19(17-11-6-5-7-12-17)22-15-9-4-2-1-3-8-13-18-14-10-16-21-18/h5-16H/b13-8+,15-9+. The summed E-state index contributed by atoms with van der Waals surface area (Å²) >= 11 is 0. The second-order valence-electron chi connectivity index (χ2n) is 3.96. The summed E-state index contributed by atoms with van der Waals surface area (Å²) in [5, 5.41) is 0. The van der Waals surface area contributed by atoms with Gasteiger partial charge in [-0.2, -0.15) is 0 Å². The van der Waals surface area contributed by atoms with Gasteiger partial charge in [-0.25, -0.2) is 4.79 Å². The Balaban J connectivity index is 1.76. The molecule has 0 fully saturated rings. The van der Waals surface area contributed by atoms with Crippen molar-refractivity contribution in [1.29, 1.82) is 0 Å². The number of benzene rings is 1. The van der Waals surface area contributed by atoms with Gasteiger partial charge in [-0.1, -0.05) is 30.0 Å². The summed E-state index contributed by atoms with van der Waals surface area (Å²) in [5.41, 5.74) is 0.489. The summed E-state index contributed by atoms with van der Waals surface area (Å²) in [6.07, 6.45) is 7.64. The van der Waals surface area contributed by atoms with E-state index in [1.165, 1.54) is 12.3 Å². The summed E-state index contributed by atoms with van der Waals surface area (Å²) in [5.74, 6) is 10.9. The van der Waals surface area contributed by atoms with Gasteiger partial charge in [0, 0.05) is 6.08 Å². The fourth-order valence-electron chi connectivity index (χ4n) is 1.44. The highest BCUT2D eigenvalue weighted by molar-refractivity contribution is 5.89. The number of furan rings is 1. The molecule has 0 aliphatic rings. The first-order chi connectivity index (χ1) is 10.9. The smallest absolute Gasteiger partial charge is 0.342 e. The minimum atomic E-state index is -0.425. The first-order valence-electron chi connectivity index (χ1n) is 6.48. The Labute approximate surface area is 128 Å². The lowest BCUT2D eigenvalue weighted by molar-refractivity contribution is 0.0663. The quantitative estimate of drug-likeness (QED) is 0.491. The summed E-state index contributed by atoms with van der Waals surface area (Å²) in [6, 6.07) is 12.4. The van der Waals surface area contributed by atoms with E-state index >= 15 is 0 Å². The van der Waals surface area contributed by atoms with Crippen molar-refractivity contribution < 1.29 is 13.9 Å². The third-order valence-electron chi connectivity index (χ3n) is 2.42. The second kappa shape index (κ2) is 8.68. The molecule has 2 aromatic rings. The van der Waals surface area contributed by atoms with Crippen LogP contribution in [0.3, 0.4) is 0 Å². The van der Waals surface area contributed by atoms with Crippen LogP contribution in [0.15, 0.2) is 71.6 Å². The van der Waals surface area contributed by atoms with Gasteiger partial charge in [0.15, 0.2) is 0 Å². The number of carbonyl (C=O) groups excluding carboxylic acids is 1. The molecule has 2 rings (SSSR count). The molecule has 22 heavy (non-hydrogen) atoms. The molecule has 1 heterocycles. The lowest BCUT2D eigenvalue weighted by Crippen LogP contribution is -1.99. The van der Waals surface area contributed by atoms with Crippen LogP contribution < -0.4 is 0 Å². The van der Waals surface area contributed by atoms with E-state index in [4.69, 9.17) is 9.15 Å². The fraction of sp³-hybridized carbons (Fsp3) is 0. The van der Waals surface area contributed by atoms with Crippen LogP contribution in [0.4, 0.5) is 0 Å². The number of ether oxygens (including phenoxy) is 1. The topological polar surface area (TPSA) is 39.4 Å². The third kappa shape index (κ3) is 5.28. The van der Waals surface area contributed by atoms with Gasteiger partial charge in [0.2, 0.25) is 0 Å². The maximum absolute atomic E-state index is 11.6. The van der Waals surface area contributed by atoms with Gasteiger partial charge in [-0.15, -0.1) is 0 Å². The molecular formula is C19H12O3.